The van der Waals surface area contributed by atoms with Crippen LogP contribution in [-0.4, -0.2) is 48.6 Å². The van der Waals surface area contributed by atoms with Crippen LogP contribution in [0.5, 0.6) is 0 Å². The number of fused-ring (bicyclic) bond motifs is 2. The molecular weight excluding hydrogens is 675 g/mol. The molecule has 0 saturated heterocycles. The molecule has 44 heavy (non-hydrogen) atoms. The van der Waals surface area contributed by atoms with Gasteiger partial charge in [0.15, 0.2) is 0 Å². The summed E-state index contributed by atoms with van der Waals surface area (Å²) in [6.45, 7) is 5.80. The number of aromatic nitrogens is 1. The Labute approximate surface area is 269 Å². The van der Waals surface area contributed by atoms with Crippen LogP contribution in [0.4, 0.5) is 5.69 Å². The van der Waals surface area contributed by atoms with Crippen molar-refractivity contribution >= 4 is 58.2 Å². The van der Waals surface area contributed by atoms with Crippen LogP contribution >= 0.6 is 22.6 Å². The largest absolute Gasteiger partial charge is 0.466 e. The second kappa shape index (κ2) is 13.8. The molecule has 5 rings (SSSR count). The average molecular weight is 711 g/mol. The van der Waals surface area contributed by atoms with Gasteiger partial charge in [0.1, 0.15) is 5.69 Å². The highest BCUT2D eigenvalue weighted by molar-refractivity contribution is 14.1. The van der Waals surface area contributed by atoms with Gasteiger partial charge in [-0.25, -0.2) is 4.79 Å². The molecule has 2 N–H and O–H groups in total. The highest BCUT2D eigenvalue weighted by Crippen LogP contribution is 2.51. The van der Waals surface area contributed by atoms with E-state index in [9.17, 15) is 19.2 Å². The maximum atomic E-state index is 13.5. The number of benzene rings is 2. The van der Waals surface area contributed by atoms with Gasteiger partial charge in [0, 0.05) is 33.7 Å². The minimum absolute atomic E-state index is 0.0296. The standard InChI is InChI=1S/C34H35IN2O7/c1-4-42-28(38)14-12-23-24(18-29(39)43-5-2)27(36-32(23)34(41)44-6-3)16-20-15-19-9-7-8-10-22(19)30(20)31-25-17-21(35)11-13-26(25)37-33(31)40/h7-11,13,15,17,30-31,36H,4-6,12,14,16,18H2,1-3H3,(H,37,40). The number of amides is 1. The van der Waals surface area contributed by atoms with E-state index < -0.39 is 23.8 Å². The van der Waals surface area contributed by atoms with Gasteiger partial charge in [0.2, 0.25) is 5.91 Å². The summed E-state index contributed by atoms with van der Waals surface area (Å²) in [7, 11) is 0. The summed E-state index contributed by atoms with van der Waals surface area (Å²) in [4.78, 5) is 55.1. The molecule has 10 heteroatoms. The number of aromatic amines is 1. The smallest absolute Gasteiger partial charge is 0.355 e. The Morgan fingerprint density at radius 1 is 0.864 bits per heavy atom. The Morgan fingerprint density at radius 2 is 1.59 bits per heavy atom. The minimum atomic E-state index is -0.568. The maximum absolute atomic E-state index is 13.5. The van der Waals surface area contributed by atoms with Gasteiger partial charge in [-0.05, 0) is 95.8 Å². The lowest BCUT2D eigenvalue weighted by Crippen LogP contribution is -2.21. The SMILES string of the molecule is CCOC(=O)CCc1c(C(=O)OCC)[nH]c(CC2=Cc3ccccc3C2C2C(=O)Nc3ccc(I)cc32)c1CC(=O)OCC. The summed E-state index contributed by atoms with van der Waals surface area (Å²) in [6.07, 6.45) is 2.55. The van der Waals surface area contributed by atoms with Crippen molar-refractivity contribution < 1.29 is 33.4 Å². The average Bonchev–Trinajstić information content (AvgIpc) is 3.62. The number of hydrogen-bond acceptors (Lipinski definition) is 7. The van der Waals surface area contributed by atoms with Crippen molar-refractivity contribution in [2.75, 3.05) is 25.1 Å². The molecule has 2 atom stereocenters. The predicted octanol–water partition coefficient (Wildman–Crippen LogP) is 5.86. The van der Waals surface area contributed by atoms with E-state index in [1.807, 2.05) is 42.5 Å². The topological polar surface area (TPSA) is 124 Å². The van der Waals surface area contributed by atoms with Crippen LogP contribution in [0.25, 0.3) is 6.08 Å². The number of carbonyl (C=O) groups is 4. The maximum Gasteiger partial charge on any atom is 0.355 e. The zero-order valence-corrected chi connectivity index (χ0v) is 27.1. The third-order valence-corrected chi connectivity index (χ3v) is 8.64. The first kappa shape index (κ1) is 31.5. The summed E-state index contributed by atoms with van der Waals surface area (Å²) in [5.74, 6) is -2.21. The Bertz CT molecular complexity index is 1640. The first-order valence-electron chi connectivity index (χ1n) is 14.9. The van der Waals surface area contributed by atoms with Crippen LogP contribution in [-0.2, 0) is 47.9 Å². The predicted molar refractivity (Wildman–Crippen MR) is 173 cm³/mol. The quantitative estimate of drug-likeness (QED) is 0.137. The molecular formula is C34H35IN2O7. The van der Waals surface area contributed by atoms with Crippen LogP contribution in [0, 0.1) is 3.57 Å². The third kappa shape index (κ3) is 6.45. The van der Waals surface area contributed by atoms with Gasteiger partial charge >= 0.3 is 17.9 Å². The fraction of sp³-hybridized carbons (Fsp3) is 0.353. The molecule has 0 spiro atoms. The molecule has 1 aliphatic carbocycles. The van der Waals surface area contributed by atoms with E-state index in [1.54, 1.807) is 20.8 Å². The summed E-state index contributed by atoms with van der Waals surface area (Å²) in [6, 6.07) is 14.0. The summed E-state index contributed by atoms with van der Waals surface area (Å²) in [5, 5.41) is 3.05. The Balaban J connectivity index is 1.59. The van der Waals surface area contributed by atoms with Crippen LogP contribution in [0.15, 0.2) is 48.0 Å². The number of carbonyl (C=O) groups excluding carboxylic acids is 4. The first-order valence-corrected chi connectivity index (χ1v) is 15.9. The number of rotatable bonds is 12. The van der Waals surface area contributed by atoms with Gasteiger partial charge < -0.3 is 24.5 Å². The summed E-state index contributed by atoms with van der Waals surface area (Å²) >= 11 is 2.26. The van der Waals surface area contributed by atoms with E-state index in [2.05, 4.69) is 39.0 Å². The number of nitrogens with one attached hydrogen (secondary N) is 2. The molecule has 1 aromatic heterocycles. The van der Waals surface area contributed by atoms with E-state index in [4.69, 9.17) is 14.2 Å². The molecule has 0 radical (unpaired) electrons. The van der Waals surface area contributed by atoms with Crippen LogP contribution in [0.2, 0.25) is 0 Å². The van der Waals surface area contributed by atoms with E-state index in [0.717, 1.165) is 31.5 Å². The fourth-order valence-electron chi connectivity index (χ4n) is 6.23. The van der Waals surface area contributed by atoms with Crippen molar-refractivity contribution in [3.05, 3.63) is 90.8 Å². The molecule has 2 aromatic carbocycles. The number of ether oxygens (including phenoxy) is 3. The van der Waals surface area contributed by atoms with E-state index in [-0.39, 0.29) is 56.6 Å². The molecule has 1 amide bonds. The van der Waals surface area contributed by atoms with Crippen molar-refractivity contribution in [3.63, 3.8) is 0 Å². The lowest BCUT2D eigenvalue weighted by Gasteiger charge is -2.23. The molecule has 2 heterocycles. The first-order chi connectivity index (χ1) is 21.2. The van der Waals surface area contributed by atoms with Crippen molar-refractivity contribution in [1.82, 2.24) is 4.98 Å². The zero-order chi connectivity index (χ0) is 31.4. The number of hydrogen-bond donors (Lipinski definition) is 2. The number of anilines is 1. The van der Waals surface area contributed by atoms with E-state index in [1.165, 1.54) is 0 Å². The second-order valence-corrected chi connectivity index (χ2v) is 11.9. The van der Waals surface area contributed by atoms with Crippen molar-refractivity contribution in [3.8, 4) is 0 Å². The lowest BCUT2D eigenvalue weighted by molar-refractivity contribution is -0.143. The molecule has 1 aliphatic heterocycles. The van der Waals surface area contributed by atoms with Gasteiger partial charge in [-0.2, -0.15) is 0 Å². The molecule has 2 unspecified atom stereocenters. The monoisotopic (exact) mass is 710 g/mol. The third-order valence-electron chi connectivity index (χ3n) is 7.97. The van der Waals surface area contributed by atoms with Crippen LogP contribution in [0.3, 0.4) is 0 Å². The summed E-state index contributed by atoms with van der Waals surface area (Å²) < 4.78 is 16.8. The Morgan fingerprint density at radius 3 is 2.34 bits per heavy atom. The normalized spacial score (nSPS) is 16.5. The fourth-order valence-corrected chi connectivity index (χ4v) is 6.75. The van der Waals surface area contributed by atoms with Crippen LogP contribution < -0.4 is 5.32 Å². The molecule has 0 bridgehead atoms. The lowest BCUT2D eigenvalue weighted by atomic mass is 9.78. The van der Waals surface area contributed by atoms with Gasteiger partial charge in [0.25, 0.3) is 0 Å². The minimum Gasteiger partial charge on any atom is -0.466 e. The molecule has 230 valence electrons. The van der Waals surface area contributed by atoms with Gasteiger partial charge in [-0.3, -0.25) is 14.4 Å². The summed E-state index contributed by atoms with van der Waals surface area (Å²) in [5.41, 5.74) is 6.75. The number of H-pyrrole nitrogens is 1. The highest BCUT2D eigenvalue weighted by atomic mass is 127. The van der Waals surface area contributed by atoms with Crippen LogP contribution in [0.1, 0.15) is 83.0 Å². The van der Waals surface area contributed by atoms with Gasteiger partial charge in [0.05, 0.1) is 32.2 Å². The zero-order valence-electron chi connectivity index (χ0n) is 25.0. The number of halogens is 1. The molecule has 2 aliphatic rings. The second-order valence-electron chi connectivity index (χ2n) is 10.6. The molecule has 3 aromatic rings. The molecule has 0 fully saturated rings. The number of allylic oxidation sites excluding steroid dienone is 1. The number of esters is 3. The van der Waals surface area contributed by atoms with Gasteiger partial charge in [-0.15, -0.1) is 0 Å². The molecule has 9 nitrogen and oxygen atoms in total. The van der Waals surface area contributed by atoms with E-state index >= 15 is 0 Å². The van der Waals surface area contributed by atoms with Gasteiger partial charge in [-0.1, -0.05) is 35.9 Å². The van der Waals surface area contributed by atoms with Crippen molar-refractivity contribution in [2.24, 2.45) is 0 Å². The Kier molecular flexibility index (Phi) is 9.87. The van der Waals surface area contributed by atoms with Crippen molar-refractivity contribution in [2.45, 2.75) is 58.3 Å². The Hall–Kier alpha value is -3.93. The molecule has 0 saturated carbocycles. The van der Waals surface area contributed by atoms with Crippen molar-refractivity contribution in [1.29, 1.82) is 0 Å². The highest BCUT2D eigenvalue weighted by Gasteiger charge is 2.42. The van der Waals surface area contributed by atoms with E-state index in [0.29, 0.717) is 23.2 Å².